The van der Waals surface area contributed by atoms with Gasteiger partial charge in [-0.05, 0) is 29.9 Å². The van der Waals surface area contributed by atoms with E-state index in [0.717, 1.165) is 25.0 Å². The Hall–Kier alpha value is -0.820. The molecule has 0 heterocycles. The van der Waals surface area contributed by atoms with Crippen LogP contribution < -0.4 is 10.6 Å². The molecule has 1 aliphatic rings. The number of benzene rings is 1. The van der Waals surface area contributed by atoms with Crippen LogP contribution in [0.1, 0.15) is 49.7 Å². The van der Waals surface area contributed by atoms with E-state index in [0.29, 0.717) is 6.61 Å². The van der Waals surface area contributed by atoms with Crippen molar-refractivity contribution in [3.63, 3.8) is 0 Å². The molecule has 1 saturated carbocycles. The van der Waals surface area contributed by atoms with Crippen molar-refractivity contribution in [3.8, 4) is 0 Å². The van der Waals surface area contributed by atoms with Crippen LogP contribution >= 0.6 is 24.0 Å². The normalized spacial score (nSPS) is 15.2. The van der Waals surface area contributed by atoms with Crippen molar-refractivity contribution in [2.24, 2.45) is 10.9 Å². The summed E-state index contributed by atoms with van der Waals surface area (Å²) < 4.78 is 5.18. The van der Waals surface area contributed by atoms with Crippen LogP contribution in [-0.2, 0) is 17.9 Å². The minimum Gasteiger partial charge on any atom is -0.380 e. The fourth-order valence-electron chi connectivity index (χ4n) is 3.30. The zero-order valence-corrected chi connectivity index (χ0v) is 17.3. The number of rotatable bonds is 8. The van der Waals surface area contributed by atoms with E-state index in [1.807, 2.05) is 7.05 Å². The Bertz CT molecular complexity index is 487. The molecular weight excluding hydrogens is 413 g/mol. The molecule has 2 N–H and O–H groups in total. The number of nitrogens with one attached hydrogen (secondary N) is 2. The summed E-state index contributed by atoms with van der Waals surface area (Å²) in [6, 6.07) is 8.45. The van der Waals surface area contributed by atoms with Gasteiger partial charge in [0.2, 0.25) is 0 Å². The van der Waals surface area contributed by atoms with E-state index >= 15 is 0 Å². The Labute approximate surface area is 163 Å². The van der Waals surface area contributed by atoms with Gasteiger partial charge in [0.05, 0.1) is 6.61 Å². The number of aliphatic imine (C=N–C) groups is 1. The number of halogens is 1. The van der Waals surface area contributed by atoms with Crippen LogP contribution in [0.3, 0.4) is 0 Å². The van der Waals surface area contributed by atoms with E-state index < -0.39 is 0 Å². The number of nitrogens with zero attached hydrogens (tertiary/aromatic N) is 1. The number of guanidine groups is 1. The van der Waals surface area contributed by atoms with Crippen LogP contribution in [0.25, 0.3) is 0 Å². The summed E-state index contributed by atoms with van der Waals surface area (Å²) in [7, 11) is 3.55. The lowest BCUT2D eigenvalue weighted by Gasteiger charge is -2.13. The molecule has 0 unspecified atom stereocenters. The van der Waals surface area contributed by atoms with Gasteiger partial charge in [0, 0.05) is 27.2 Å². The standard InChI is InChI=1S/C19H31N3O.HI/c1-20-19(21-12-6-11-16-7-3-4-8-16)22-14-17-9-5-10-18(13-17)15-23-2;/h5,9-10,13,16H,3-4,6-8,11-12,14-15H2,1-2H3,(H2,20,21,22);1H. The maximum Gasteiger partial charge on any atom is 0.191 e. The summed E-state index contributed by atoms with van der Waals surface area (Å²) in [6.45, 7) is 2.43. The third kappa shape index (κ3) is 7.83. The molecule has 0 amide bonds. The van der Waals surface area contributed by atoms with Crippen LogP contribution in [0.2, 0.25) is 0 Å². The van der Waals surface area contributed by atoms with Gasteiger partial charge in [0.25, 0.3) is 0 Å². The highest BCUT2D eigenvalue weighted by Crippen LogP contribution is 2.28. The van der Waals surface area contributed by atoms with Gasteiger partial charge in [-0.15, -0.1) is 24.0 Å². The fourth-order valence-corrected chi connectivity index (χ4v) is 3.30. The molecule has 136 valence electrons. The summed E-state index contributed by atoms with van der Waals surface area (Å²) in [6.07, 6.45) is 8.32. The Kier molecular flexibility index (Phi) is 11.1. The first-order chi connectivity index (χ1) is 11.3. The zero-order chi connectivity index (χ0) is 16.3. The van der Waals surface area contributed by atoms with Gasteiger partial charge in [0.15, 0.2) is 5.96 Å². The summed E-state index contributed by atoms with van der Waals surface area (Å²) >= 11 is 0. The maximum absolute atomic E-state index is 5.18. The quantitative estimate of drug-likeness (QED) is 0.274. The van der Waals surface area contributed by atoms with Crippen molar-refractivity contribution < 1.29 is 4.74 Å². The van der Waals surface area contributed by atoms with Crippen molar-refractivity contribution in [2.75, 3.05) is 20.7 Å². The predicted molar refractivity (Wildman–Crippen MR) is 112 cm³/mol. The molecule has 1 aromatic carbocycles. The van der Waals surface area contributed by atoms with Gasteiger partial charge < -0.3 is 15.4 Å². The number of hydrogen-bond donors (Lipinski definition) is 2. The maximum atomic E-state index is 5.18. The van der Waals surface area contributed by atoms with Gasteiger partial charge in [-0.3, -0.25) is 4.99 Å². The number of hydrogen-bond acceptors (Lipinski definition) is 2. The molecule has 4 nitrogen and oxygen atoms in total. The van der Waals surface area contributed by atoms with E-state index in [1.165, 1.54) is 49.7 Å². The van der Waals surface area contributed by atoms with Crippen LogP contribution in [0, 0.1) is 5.92 Å². The second kappa shape index (κ2) is 12.5. The third-order valence-electron chi connectivity index (χ3n) is 4.54. The first kappa shape index (κ1) is 21.2. The van der Waals surface area contributed by atoms with Crippen molar-refractivity contribution in [1.29, 1.82) is 0 Å². The molecule has 0 radical (unpaired) electrons. The van der Waals surface area contributed by atoms with Gasteiger partial charge in [-0.1, -0.05) is 49.9 Å². The minimum absolute atomic E-state index is 0. The lowest BCUT2D eigenvalue weighted by molar-refractivity contribution is 0.185. The second-order valence-electron chi connectivity index (χ2n) is 6.40. The molecule has 0 bridgehead atoms. The lowest BCUT2D eigenvalue weighted by Crippen LogP contribution is -2.37. The summed E-state index contributed by atoms with van der Waals surface area (Å²) in [5.41, 5.74) is 2.44. The average molecular weight is 445 g/mol. The van der Waals surface area contributed by atoms with Crippen molar-refractivity contribution in [1.82, 2.24) is 10.6 Å². The Morgan fingerprint density at radius 3 is 2.67 bits per heavy atom. The smallest absolute Gasteiger partial charge is 0.191 e. The Morgan fingerprint density at radius 1 is 1.21 bits per heavy atom. The van der Waals surface area contributed by atoms with Gasteiger partial charge >= 0.3 is 0 Å². The summed E-state index contributed by atoms with van der Waals surface area (Å²) in [5, 5.41) is 6.80. The number of methoxy groups -OCH3 is 1. The Balaban J connectivity index is 0.00000288. The molecule has 0 saturated heterocycles. The molecule has 0 aliphatic heterocycles. The topological polar surface area (TPSA) is 45.7 Å². The molecule has 5 heteroatoms. The monoisotopic (exact) mass is 445 g/mol. The zero-order valence-electron chi connectivity index (χ0n) is 15.0. The van der Waals surface area contributed by atoms with E-state index in [2.05, 4.69) is 39.9 Å². The van der Waals surface area contributed by atoms with Gasteiger partial charge in [0.1, 0.15) is 0 Å². The molecule has 0 atom stereocenters. The van der Waals surface area contributed by atoms with Crippen molar-refractivity contribution >= 4 is 29.9 Å². The molecule has 1 aliphatic carbocycles. The van der Waals surface area contributed by atoms with Gasteiger partial charge in [-0.2, -0.15) is 0 Å². The summed E-state index contributed by atoms with van der Waals surface area (Å²) in [5.74, 6) is 1.85. The molecular formula is C19H32IN3O. The summed E-state index contributed by atoms with van der Waals surface area (Å²) in [4.78, 5) is 4.30. The van der Waals surface area contributed by atoms with Gasteiger partial charge in [-0.25, -0.2) is 0 Å². The van der Waals surface area contributed by atoms with E-state index in [9.17, 15) is 0 Å². The second-order valence-corrected chi connectivity index (χ2v) is 6.40. The third-order valence-corrected chi connectivity index (χ3v) is 4.54. The highest BCUT2D eigenvalue weighted by Gasteiger charge is 2.13. The van der Waals surface area contributed by atoms with Crippen molar-refractivity contribution in [3.05, 3.63) is 35.4 Å². The van der Waals surface area contributed by atoms with E-state index in [4.69, 9.17) is 4.74 Å². The molecule has 1 fully saturated rings. The Morgan fingerprint density at radius 2 is 1.96 bits per heavy atom. The van der Waals surface area contributed by atoms with Crippen LogP contribution in [0.4, 0.5) is 0 Å². The van der Waals surface area contributed by atoms with Crippen LogP contribution in [-0.4, -0.2) is 26.7 Å². The first-order valence-corrected chi connectivity index (χ1v) is 8.83. The largest absolute Gasteiger partial charge is 0.380 e. The molecule has 0 spiro atoms. The van der Waals surface area contributed by atoms with Crippen LogP contribution in [0.5, 0.6) is 0 Å². The highest BCUT2D eigenvalue weighted by molar-refractivity contribution is 14.0. The first-order valence-electron chi connectivity index (χ1n) is 8.83. The minimum atomic E-state index is 0. The van der Waals surface area contributed by atoms with E-state index in [-0.39, 0.29) is 24.0 Å². The fraction of sp³-hybridized carbons (Fsp3) is 0.632. The molecule has 24 heavy (non-hydrogen) atoms. The molecule has 0 aromatic heterocycles. The highest BCUT2D eigenvalue weighted by atomic mass is 127. The van der Waals surface area contributed by atoms with Crippen LogP contribution in [0.15, 0.2) is 29.3 Å². The average Bonchev–Trinajstić information content (AvgIpc) is 3.08. The predicted octanol–water partition coefficient (Wildman–Crippen LogP) is 4.09. The van der Waals surface area contributed by atoms with E-state index in [1.54, 1.807) is 7.11 Å². The number of ether oxygens (including phenoxy) is 1. The molecule has 1 aromatic rings. The SMILES string of the molecule is CN=C(NCCCC1CCCC1)NCc1cccc(COC)c1.I. The molecule has 2 rings (SSSR count). The van der Waals surface area contributed by atoms with Crippen molar-refractivity contribution in [2.45, 2.75) is 51.7 Å². The lowest BCUT2D eigenvalue weighted by atomic mass is 10.0.